The van der Waals surface area contributed by atoms with Gasteiger partial charge >= 0.3 is 0 Å². The maximum absolute atomic E-state index is 13.7. The first-order chi connectivity index (χ1) is 9.47. The number of hydrogen-bond acceptors (Lipinski definition) is 2. The molecule has 0 radical (unpaired) electrons. The van der Waals surface area contributed by atoms with E-state index in [0.717, 1.165) is 12.1 Å². The van der Waals surface area contributed by atoms with Gasteiger partial charge in [-0.25, -0.2) is 13.2 Å². The van der Waals surface area contributed by atoms with Crippen LogP contribution in [0.3, 0.4) is 0 Å². The second-order valence-corrected chi connectivity index (χ2v) is 4.50. The van der Waals surface area contributed by atoms with Gasteiger partial charge in [0.05, 0.1) is 0 Å². The first kappa shape index (κ1) is 14.4. The summed E-state index contributed by atoms with van der Waals surface area (Å²) in [5.41, 5.74) is 6.44. The largest absolute Gasteiger partial charge is 0.486 e. The molecule has 0 spiro atoms. The number of rotatable bonds is 4. The van der Waals surface area contributed by atoms with Crippen molar-refractivity contribution in [2.45, 2.75) is 19.6 Å². The normalized spacial score (nSPS) is 12.2. The Kier molecular flexibility index (Phi) is 4.29. The van der Waals surface area contributed by atoms with Gasteiger partial charge in [-0.15, -0.1) is 0 Å². The molecule has 2 aromatic rings. The van der Waals surface area contributed by atoms with Crippen molar-refractivity contribution in [2.75, 3.05) is 0 Å². The molecular formula is C15H14F3NO. The van der Waals surface area contributed by atoms with Gasteiger partial charge in [-0.3, -0.25) is 0 Å². The predicted octanol–water partition coefficient (Wildman–Crippen LogP) is 3.70. The maximum Gasteiger partial charge on any atom is 0.165 e. The van der Waals surface area contributed by atoms with Crippen LogP contribution >= 0.6 is 0 Å². The molecule has 0 amide bonds. The molecule has 2 N–H and O–H groups in total. The molecule has 0 aliphatic carbocycles. The zero-order valence-electron chi connectivity index (χ0n) is 10.9. The molecule has 2 nitrogen and oxygen atoms in total. The van der Waals surface area contributed by atoms with Crippen LogP contribution in [-0.4, -0.2) is 0 Å². The van der Waals surface area contributed by atoms with Crippen molar-refractivity contribution in [1.82, 2.24) is 0 Å². The monoisotopic (exact) mass is 281 g/mol. The summed E-state index contributed by atoms with van der Waals surface area (Å²) in [6.45, 7) is 1.56. The van der Waals surface area contributed by atoms with E-state index < -0.39 is 17.5 Å². The molecule has 0 fully saturated rings. The fourth-order valence-corrected chi connectivity index (χ4v) is 1.71. The highest BCUT2D eigenvalue weighted by atomic mass is 19.1. The number of hydrogen-bond donors (Lipinski definition) is 1. The Labute approximate surface area is 115 Å². The summed E-state index contributed by atoms with van der Waals surface area (Å²) in [4.78, 5) is 0. The summed E-state index contributed by atoms with van der Waals surface area (Å²) < 4.78 is 45.1. The Morgan fingerprint density at radius 3 is 2.40 bits per heavy atom. The van der Waals surface area contributed by atoms with E-state index in [-0.39, 0.29) is 24.0 Å². The molecule has 0 heterocycles. The molecule has 0 saturated carbocycles. The van der Waals surface area contributed by atoms with Gasteiger partial charge in [-0.05, 0) is 36.8 Å². The molecule has 0 saturated heterocycles. The van der Waals surface area contributed by atoms with Crippen molar-refractivity contribution < 1.29 is 17.9 Å². The Morgan fingerprint density at radius 2 is 1.80 bits per heavy atom. The van der Waals surface area contributed by atoms with E-state index in [2.05, 4.69) is 0 Å². The number of nitrogens with two attached hydrogens (primary N) is 1. The average Bonchev–Trinajstić information content (AvgIpc) is 2.38. The van der Waals surface area contributed by atoms with E-state index in [1.54, 1.807) is 13.0 Å². The standard InChI is InChI=1S/C15H14F3NO/c1-9(19)10-3-5-15(14(18)6-10)20-8-11-2-4-12(16)7-13(11)17/h2-7,9H,8,19H2,1H3/t9-/m0/s1. The average molecular weight is 281 g/mol. The molecule has 0 aliphatic rings. The lowest BCUT2D eigenvalue weighted by Gasteiger charge is -2.11. The third kappa shape index (κ3) is 3.30. The SMILES string of the molecule is C[C@H](N)c1ccc(OCc2ccc(F)cc2F)c(F)c1. The fourth-order valence-electron chi connectivity index (χ4n) is 1.71. The number of halogens is 3. The molecule has 106 valence electrons. The predicted molar refractivity (Wildman–Crippen MR) is 69.7 cm³/mol. The van der Waals surface area contributed by atoms with Gasteiger partial charge in [-0.2, -0.15) is 0 Å². The van der Waals surface area contributed by atoms with Crippen molar-refractivity contribution in [2.24, 2.45) is 5.73 Å². The zero-order chi connectivity index (χ0) is 14.7. The second-order valence-electron chi connectivity index (χ2n) is 4.50. The third-order valence-corrected chi connectivity index (χ3v) is 2.88. The van der Waals surface area contributed by atoms with Crippen LogP contribution in [0.5, 0.6) is 5.75 Å². The molecule has 5 heteroatoms. The minimum Gasteiger partial charge on any atom is -0.486 e. The molecule has 0 unspecified atom stereocenters. The van der Waals surface area contributed by atoms with Gasteiger partial charge in [0.15, 0.2) is 11.6 Å². The van der Waals surface area contributed by atoms with E-state index in [9.17, 15) is 13.2 Å². The highest BCUT2D eigenvalue weighted by Gasteiger charge is 2.09. The Bertz CT molecular complexity index is 614. The van der Waals surface area contributed by atoms with Crippen LogP contribution in [0.15, 0.2) is 36.4 Å². The Balaban J connectivity index is 2.11. The topological polar surface area (TPSA) is 35.2 Å². The third-order valence-electron chi connectivity index (χ3n) is 2.88. The van der Waals surface area contributed by atoms with Crippen LogP contribution in [0.2, 0.25) is 0 Å². The van der Waals surface area contributed by atoms with Crippen LogP contribution in [0.25, 0.3) is 0 Å². The van der Waals surface area contributed by atoms with Crippen LogP contribution in [0, 0.1) is 17.5 Å². The van der Waals surface area contributed by atoms with E-state index in [0.29, 0.717) is 5.56 Å². The van der Waals surface area contributed by atoms with Crippen LogP contribution in [0.4, 0.5) is 13.2 Å². The zero-order valence-corrected chi connectivity index (χ0v) is 10.9. The van der Waals surface area contributed by atoms with Gasteiger partial charge < -0.3 is 10.5 Å². The molecule has 0 bridgehead atoms. The van der Waals surface area contributed by atoms with Crippen molar-refractivity contribution in [3.05, 3.63) is 65.0 Å². The Morgan fingerprint density at radius 1 is 1.05 bits per heavy atom. The lowest BCUT2D eigenvalue weighted by molar-refractivity contribution is 0.284. The number of ether oxygens (including phenoxy) is 1. The Hall–Kier alpha value is -2.01. The van der Waals surface area contributed by atoms with Crippen molar-refractivity contribution in [3.63, 3.8) is 0 Å². The smallest absolute Gasteiger partial charge is 0.165 e. The van der Waals surface area contributed by atoms with Gasteiger partial charge in [0, 0.05) is 17.7 Å². The lowest BCUT2D eigenvalue weighted by Crippen LogP contribution is -2.06. The molecule has 2 aromatic carbocycles. The minimum absolute atomic E-state index is 0.00174. The first-order valence-corrected chi connectivity index (χ1v) is 6.09. The second kappa shape index (κ2) is 5.96. The van der Waals surface area contributed by atoms with Crippen molar-refractivity contribution in [3.8, 4) is 5.75 Å². The summed E-state index contributed by atoms with van der Waals surface area (Å²) in [7, 11) is 0. The molecule has 1 atom stereocenters. The van der Waals surface area contributed by atoms with Gasteiger partial charge in [0.1, 0.15) is 18.2 Å². The van der Waals surface area contributed by atoms with Gasteiger partial charge in [0.2, 0.25) is 0 Å². The molecule has 0 aromatic heterocycles. The first-order valence-electron chi connectivity index (χ1n) is 6.09. The molecule has 20 heavy (non-hydrogen) atoms. The van der Waals surface area contributed by atoms with Crippen molar-refractivity contribution >= 4 is 0 Å². The minimum atomic E-state index is -0.724. The summed E-state index contributed by atoms with van der Waals surface area (Å²) in [5.74, 6) is -1.96. The number of benzene rings is 2. The van der Waals surface area contributed by atoms with Gasteiger partial charge in [-0.1, -0.05) is 6.07 Å². The van der Waals surface area contributed by atoms with Crippen LogP contribution in [0.1, 0.15) is 24.1 Å². The quantitative estimate of drug-likeness (QED) is 0.927. The summed E-state index contributed by atoms with van der Waals surface area (Å²) in [6, 6.07) is 7.22. The maximum atomic E-state index is 13.7. The fraction of sp³-hybridized carbons (Fsp3) is 0.200. The molecule has 2 rings (SSSR count). The van der Waals surface area contributed by atoms with E-state index in [4.69, 9.17) is 10.5 Å². The van der Waals surface area contributed by atoms with Crippen molar-refractivity contribution in [1.29, 1.82) is 0 Å². The highest BCUT2D eigenvalue weighted by molar-refractivity contribution is 5.31. The summed E-state index contributed by atoms with van der Waals surface area (Å²) in [6.07, 6.45) is 0. The van der Waals surface area contributed by atoms with Crippen LogP contribution < -0.4 is 10.5 Å². The highest BCUT2D eigenvalue weighted by Crippen LogP contribution is 2.22. The lowest BCUT2D eigenvalue weighted by atomic mass is 10.1. The summed E-state index contributed by atoms with van der Waals surface area (Å²) >= 11 is 0. The van der Waals surface area contributed by atoms with E-state index >= 15 is 0 Å². The summed E-state index contributed by atoms with van der Waals surface area (Å²) in [5, 5.41) is 0. The van der Waals surface area contributed by atoms with E-state index in [1.807, 2.05) is 0 Å². The molecule has 0 aliphatic heterocycles. The van der Waals surface area contributed by atoms with Crippen LogP contribution in [-0.2, 0) is 6.61 Å². The van der Waals surface area contributed by atoms with E-state index in [1.165, 1.54) is 18.2 Å². The molecular weight excluding hydrogens is 267 g/mol. The van der Waals surface area contributed by atoms with Gasteiger partial charge in [0.25, 0.3) is 0 Å².